The van der Waals surface area contributed by atoms with E-state index in [1.165, 1.54) is 12.1 Å². The average molecular weight is 526 g/mol. The summed E-state index contributed by atoms with van der Waals surface area (Å²) in [6.45, 7) is 5.66. The van der Waals surface area contributed by atoms with E-state index in [4.69, 9.17) is 9.47 Å². The minimum absolute atomic E-state index is 0.0440. The zero-order chi connectivity index (χ0) is 27.0. The van der Waals surface area contributed by atoms with Gasteiger partial charge in [-0.15, -0.1) is 0 Å². The van der Waals surface area contributed by atoms with Crippen LogP contribution in [-0.2, 0) is 0 Å². The van der Waals surface area contributed by atoms with E-state index in [2.05, 4.69) is 11.8 Å². The van der Waals surface area contributed by atoms with E-state index in [9.17, 15) is 23.4 Å². The lowest BCUT2D eigenvalue weighted by Gasteiger charge is -2.31. The summed E-state index contributed by atoms with van der Waals surface area (Å²) in [6, 6.07) is 14.4. The van der Waals surface area contributed by atoms with Crippen molar-refractivity contribution in [1.29, 1.82) is 0 Å². The highest BCUT2D eigenvalue weighted by atomic mass is 19.2. The topological polar surface area (TPSA) is 62.2 Å². The first kappa shape index (κ1) is 26.0. The number of nitrogens with zero attached hydrogens (tertiary/aromatic N) is 1. The number of hydrogen-bond donors (Lipinski definition) is 2. The summed E-state index contributed by atoms with van der Waals surface area (Å²) >= 11 is 0. The minimum atomic E-state index is -1.32. The van der Waals surface area contributed by atoms with Gasteiger partial charge in [-0.05, 0) is 86.0 Å². The average Bonchev–Trinajstić information content (AvgIpc) is 3.40. The molecule has 3 aromatic rings. The fourth-order valence-corrected chi connectivity index (χ4v) is 5.22. The summed E-state index contributed by atoms with van der Waals surface area (Å²) in [5.74, 6) is -1.94. The second-order valence-corrected chi connectivity index (χ2v) is 10.0. The fraction of sp³-hybridized carbons (Fsp3) is 0.333. The molecule has 5 nitrogen and oxygen atoms in total. The van der Waals surface area contributed by atoms with Gasteiger partial charge in [-0.3, -0.25) is 9.29 Å². The number of ether oxygens (including phenoxy) is 2. The lowest BCUT2D eigenvalue weighted by molar-refractivity contribution is 0.165. The van der Waals surface area contributed by atoms with Gasteiger partial charge in [-0.25, -0.2) is 4.39 Å². The van der Waals surface area contributed by atoms with Gasteiger partial charge in [0.2, 0.25) is 0 Å². The number of hydrogen-bond acceptors (Lipinski definition) is 5. The Bertz CT molecular complexity index is 1340. The number of likely N-dealkylation sites (tertiary alicyclic amines) is 1. The standard InChI is InChI=1S/C30H30F3NO4/c1-17(34-10-9-19(14-31)15-34)16-37-23-6-3-20(4-7-23)30-28(21-11-25(32)29(33)26(36)12-21)18(2)24-13-22(35)5-8-27(24)38-30/h3-8,11-13,17,19,30,35-36H,9-10,14-16H2,1-2H3/t17-,19?,30?/m0/s1. The molecule has 0 spiro atoms. The zero-order valence-electron chi connectivity index (χ0n) is 21.3. The highest BCUT2D eigenvalue weighted by Gasteiger charge is 2.31. The van der Waals surface area contributed by atoms with Gasteiger partial charge in [0.25, 0.3) is 0 Å². The SMILES string of the molecule is CC1=C(c2cc(O)c(F)c(F)c2)C(c2ccc(OC[C@H](C)N3CCC(CF)C3)cc2)Oc2ccc(O)cc21. The van der Waals surface area contributed by atoms with Crippen molar-refractivity contribution < 1.29 is 32.9 Å². The second-order valence-electron chi connectivity index (χ2n) is 10.0. The van der Waals surface area contributed by atoms with Crippen LogP contribution in [0.4, 0.5) is 13.2 Å². The van der Waals surface area contributed by atoms with Gasteiger partial charge in [-0.1, -0.05) is 12.1 Å². The van der Waals surface area contributed by atoms with Crippen molar-refractivity contribution in [3.63, 3.8) is 0 Å². The third-order valence-corrected chi connectivity index (χ3v) is 7.43. The summed E-state index contributed by atoms with van der Waals surface area (Å²) in [6.07, 6.45) is 0.177. The molecular formula is C30H30F3NO4. The first-order chi connectivity index (χ1) is 18.2. The number of aromatic hydroxyl groups is 2. The van der Waals surface area contributed by atoms with Crippen LogP contribution in [0.25, 0.3) is 11.1 Å². The fourth-order valence-electron chi connectivity index (χ4n) is 5.22. The van der Waals surface area contributed by atoms with Crippen LogP contribution in [-0.4, -0.2) is 47.5 Å². The number of benzene rings is 3. The minimum Gasteiger partial charge on any atom is -0.508 e. The maximum atomic E-state index is 14.3. The lowest BCUT2D eigenvalue weighted by atomic mass is 9.86. The molecule has 0 bridgehead atoms. The second kappa shape index (κ2) is 10.6. The molecule has 200 valence electrons. The summed E-state index contributed by atoms with van der Waals surface area (Å²) in [7, 11) is 0. The van der Waals surface area contributed by atoms with Crippen molar-refractivity contribution in [3.8, 4) is 23.0 Å². The van der Waals surface area contributed by atoms with Crippen LogP contribution in [0, 0.1) is 17.6 Å². The third-order valence-electron chi connectivity index (χ3n) is 7.43. The van der Waals surface area contributed by atoms with Crippen molar-refractivity contribution >= 4 is 11.1 Å². The van der Waals surface area contributed by atoms with Crippen LogP contribution in [0.1, 0.15) is 43.1 Å². The van der Waals surface area contributed by atoms with Crippen molar-refractivity contribution in [3.05, 3.63) is 82.9 Å². The highest BCUT2D eigenvalue weighted by Crippen LogP contribution is 2.48. The molecule has 0 saturated carbocycles. The Morgan fingerprint density at radius 1 is 1.08 bits per heavy atom. The quantitative estimate of drug-likeness (QED) is 0.369. The molecule has 2 aliphatic rings. The predicted octanol–water partition coefficient (Wildman–Crippen LogP) is 6.50. The third kappa shape index (κ3) is 5.05. The molecule has 0 radical (unpaired) electrons. The number of alkyl halides is 1. The van der Waals surface area contributed by atoms with E-state index < -0.39 is 23.5 Å². The van der Waals surface area contributed by atoms with Gasteiger partial charge < -0.3 is 19.7 Å². The van der Waals surface area contributed by atoms with Crippen molar-refractivity contribution in [1.82, 2.24) is 4.90 Å². The van der Waals surface area contributed by atoms with Gasteiger partial charge in [0.05, 0.1) is 6.67 Å². The van der Waals surface area contributed by atoms with Gasteiger partial charge in [0.1, 0.15) is 30.0 Å². The highest BCUT2D eigenvalue weighted by molar-refractivity contribution is 5.96. The Balaban J connectivity index is 1.42. The summed E-state index contributed by atoms with van der Waals surface area (Å²) in [4.78, 5) is 2.24. The summed E-state index contributed by atoms with van der Waals surface area (Å²) in [5.41, 5.74) is 2.86. The van der Waals surface area contributed by atoms with E-state index >= 15 is 0 Å². The molecule has 2 unspecified atom stereocenters. The number of halogens is 3. The molecule has 3 atom stereocenters. The van der Waals surface area contributed by atoms with Crippen LogP contribution < -0.4 is 9.47 Å². The maximum absolute atomic E-state index is 14.3. The van der Waals surface area contributed by atoms with E-state index in [-0.39, 0.29) is 29.9 Å². The molecule has 0 aliphatic carbocycles. The number of allylic oxidation sites excluding steroid dienone is 1. The zero-order valence-corrected chi connectivity index (χ0v) is 21.3. The van der Waals surface area contributed by atoms with E-state index in [1.54, 1.807) is 12.1 Å². The van der Waals surface area contributed by atoms with Gasteiger partial charge in [0, 0.05) is 29.6 Å². The van der Waals surface area contributed by atoms with Crippen LogP contribution in [0.3, 0.4) is 0 Å². The normalized spacial score (nSPS) is 20.2. The van der Waals surface area contributed by atoms with E-state index in [1.807, 2.05) is 31.2 Å². The molecular weight excluding hydrogens is 495 g/mol. The molecule has 0 amide bonds. The molecule has 38 heavy (non-hydrogen) atoms. The molecule has 2 N–H and O–H groups in total. The number of phenolic OH excluding ortho intramolecular Hbond substituents is 2. The van der Waals surface area contributed by atoms with Crippen molar-refractivity contribution in [2.45, 2.75) is 32.4 Å². The number of fused-ring (bicyclic) bond motifs is 1. The van der Waals surface area contributed by atoms with Gasteiger partial charge in [0.15, 0.2) is 17.4 Å². The lowest BCUT2D eigenvalue weighted by Crippen LogP contribution is -2.35. The largest absolute Gasteiger partial charge is 0.508 e. The first-order valence-electron chi connectivity index (χ1n) is 12.7. The van der Waals surface area contributed by atoms with E-state index in [0.29, 0.717) is 34.8 Å². The van der Waals surface area contributed by atoms with Gasteiger partial charge >= 0.3 is 0 Å². The molecule has 2 heterocycles. The molecule has 1 saturated heterocycles. The molecule has 0 aromatic heterocycles. The monoisotopic (exact) mass is 525 g/mol. The molecule has 3 aromatic carbocycles. The summed E-state index contributed by atoms with van der Waals surface area (Å²) in [5, 5.41) is 20.0. The van der Waals surface area contributed by atoms with Crippen LogP contribution in [0.5, 0.6) is 23.0 Å². The molecule has 8 heteroatoms. The van der Waals surface area contributed by atoms with Crippen LogP contribution >= 0.6 is 0 Å². The van der Waals surface area contributed by atoms with Crippen LogP contribution in [0.15, 0.2) is 54.6 Å². The maximum Gasteiger partial charge on any atom is 0.200 e. The Labute approximate surface area is 219 Å². The first-order valence-corrected chi connectivity index (χ1v) is 12.7. The van der Waals surface area contributed by atoms with Crippen LogP contribution in [0.2, 0.25) is 0 Å². The smallest absolute Gasteiger partial charge is 0.200 e. The molecule has 5 rings (SSSR count). The molecule has 2 aliphatic heterocycles. The predicted molar refractivity (Wildman–Crippen MR) is 139 cm³/mol. The Hall–Kier alpha value is -3.65. The molecule has 1 fully saturated rings. The van der Waals surface area contributed by atoms with E-state index in [0.717, 1.165) is 31.1 Å². The van der Waals surface area contributed by atoms with Crippen molar-refractivity contribution in [2.24, 2.45) is 5.92 Å². The Kier molecular flexibility index (Phi) is 7.25. The summed E-state index contributed by atoms with van der Waals surface area (Å²) < 4.78 is 53.4. The Morgan fingerprint density at radius 3 is 2.53 bits per heavy atom. The Morgan fingerprint density at radius 2 is 1.84 bits per heavy atom. The number of phenols is 2. The number of rotatable bonds is 7. The van der Waals surface area contributed by atoms with Gasteiger partial charge in [-0.2, -0.15) is 4.39 Å². The van der Waals surface area contributed by atoms with Crippen molar-refractivity contribution in [2.75, 3.05) is 26.4 Å².